The summed E-state index contributed by atoms with van der Waals surface area (Å²) < 4.78 is 39.1. The molecule has 0 bridgehead atoms. The Hall–Kier alpha value is -3.52. The van der Waals surface area contributed by atoms with Crippen LogP contribution in [0.1, 0.15) is 16.7 Å². The molecule has 0 aromatic heterocycles. The molecule has 1 amide bonds. The van der Waals surface area contributed by atoms with Gasteiger partial charge in [-0.2, -0.15) is 0 Å². The SMILES string of the molecule is COc1ccc(OC)c(N(CC(=O)Nc2ccc(C)cc2C)S(=O)(=O)c2ccc(C)cc2)c1. The minimum atomic E-state index is -4.10. The minimum absolute atomic E-state index is 0.0669. The lowest BCUT2D eigenvalue weighted by Gasteiger charge is -2.26. The third kappa shape index (κ3) is 5.46. The van der Waals surface area contributed by atoms with Crippen LogP contribution in [0.25, 0.3) is 0 Å². The number of nitrogens with zero attached hydrogens (tertiary/aromatic N) is 1. The molecule has 0 fully saturated rings. The molecule has 0 aliphatic rings. The van der Waals surface area contributed by atoms with Gasteiger partial charge in [0.1, 0.15) is 18.0 Å². The number of ether oxygens (including phenoxy) is 2. The van der Waals surface area contributed by atoms with E-state index < -0.39 is 22.5 Å². The summed E-state index contributed by atoms with van der Waals surface area (Å²) in [6, 6.07) is 16.9. The number of carbonyl (C=O) groups is 1. The average molecular weight is 469 g/mol. The highest BCUT2D eigenvalue weighted by atomic mass is 32.2. The van der Waals surface area contributed by atoms with Crippen LogP contribution < -0.4 is 19.1 Å². The predicted octanol–water partition coefficient (Wildman–Crippen LogP) is 4.46. The van der Waals surface area contributed by atoms with Crippen LogP contribution in [-0.2, 0) is 14.8 Å². The van der Waals surface area contributed by atoms with Gasteiger partial charge in [-0.15, -0.1) is 0 Å². The molecule has 3 aromatic rings. The summed E-state index contributed by atoms with van der Waals surface area (Å²) in [5, 5.41) is 2.82. The Bertz CT molecular complexity index is 1250. The second-order valence-corrected chi connectivity index (χ2v) is 9.59. The first-order valence-electron chi connectivity index (χ1n) is 10.3. The normalized spacial score (nSPS) is 11.1. The molecule has 7 nitrogen and oxygen atoms in total. The van der Waals surface area contributed by atoms with Gasteiger partial charge in [0.05, 0.1) is 24.8 Å². The van der Waals surface area contributed by atoms with Gasteiger partial charge < -0.3 is 14.8 Å². The molecule has 8 heteroatoms. The first kappa shape index (κ1) is 24.1. The molecule has 3 aromatic carbocycles. The summed E-state index contributed by atoms with van der Waals surface area (Å²) >= 11 is 0. The zero-order valence-electron chi connectivity index (χ0n) is 19.4. The first-order chi connectivity index (χ1) is 15.6. The van der Waals surface area contributed by atoms with Gasteiger partial charge >= 0.3 is 0 Å². The highest BCUT2D eigenvalue weighted by Crippen LogP contribution is 2.35. The lowest BCUT2D eigenvalue weighted by Crippen LogP contribution is -2.38. The van der Waals surface area contributed by atoms with E-state index in [1.807, 2.05) is 32.9 Å². The summed E-state index contributed by atoms with van der Waals surface area (Å²) in [6.45, 7) is 5.27. The van der Waals surface area contributed by atoms with Gasteiger partial charge in [0.25, 0.3) is 10.0 Å². The maximum atomic E-state index is 13.7. The molecule has 174 valence electrons. The second kappa shape index (κ2) is 9.95. The van der Waals surface area contributed by atoms with Crippen molar-refractivity contribution in [1.82, 2.24) is 0 Å². The number of anilines is 2. The number of benzene rings is 3. The van der Waals surface area contributed by atoms with Crippen molar-refractivity contribution in [2.75, 3.05) is 30.4 Å². The smallest absolute Gasteiger partial charge is 0.264 e. The van der Waals surface area contributed by atoms with E-state index in [0.717, 1.165) is 21.0 Å². The molecule has 0 aliphatic heterocycles. The van der Waals surface area contributed by atoms with Gasteiger partial charge in [-0.25, -0.2) is 8.42 Å². The molecule has 0 unspecified atom stereocenters. The van der Waals surface area contributed by atoms with Crippen LogP contribution in [0.5, 0.6) is 11.5 Å². The third-order valence-corrected chi connectivity index (χ3v) is 6.98. The fourth-order valence-corrected chi connectivity index (χ4v) is 4.83. The van der Waals surface area contributed by atoms with Gasteiger partial charge in [0.2, 0.25) is 5.91 Å². The van der Waals surface area contributed by atoms with E-state index in [2.05, 4.69) is 5.32 Å². The number of hydrogen-bond donors (Lipinski definition) is 1. The Labute approximate surface area is 195 Å². The molecule has 1 N–H and O–H groups in total. The maximum absolute atomic E-state index is 13.7. The molecule has 0 atom stereocenters. The molecular weight excluding hydrogens is 440 g/mol. The van der Waals surface area contributed by atoms with Crippen LogP contribution in [0.3, 0.4) is 0 Å². The van der Waals surface area contributed by atoms with Crippen LogP contribution in [0.2, 0.25) is 0 Å². The monoisotopic (exact) mass is 468 g/mol. The summed E-state index contributed by atoms with van der Waals surface area (Å²) in [4.78, 5) is 13.1. The van der Waals surface area contributed by atoms with Crippen LogP contribution in [0, 0.1) is 20.8 Å². The Morgan fingerprint density at radius 3 is 2.15 bits per heavy atom. The molecule has 0 saturated carbocycles. The van der Waals surface area contributed by atoms with E-state index in [0.29, 0.717) is 17.2 Å². The molecule has 0 spiro atoms. The third-order valence-electron chi connectivity index (χ3n) is 5.21. The Morgan fingerprint density at radius 1 is 0.879 bits per heavy atom. The van der Waals surface area contributed by atoms with Gasteiger partial charge in [-0.3, -0.25) is 9.10 Å². The number of nitrogens with one attached hydrogen (secondary N) is 1. The number of carbonyl (C=O) groups excluding carboxylic acids is 1. The van der Waals surface area contributed by atoms with Crippen LogP contribution in [-0.4, -0.2) is 35.1 Å². The molecule has 0 radical (unpaired) electrons. The summed E-state index contributed by atoms with van der Waals surface area (Å²) in [6.07, 6.45) is 0. The zero-order valence-corrected chi connectivity index (χ0v) is 20.2. The number of methoxy groups -OCH3 is 2. The van der Waals surface area contributed by atoms with Crippen molar-refractivity contribution >= 4 is 27.3 Å². The molecule has 33 heavy (non-hydrogen) atoms. The zero-order chi connectivity index (χ0) is 24.2. The Balaban J connectivity index is 2.05. The van der Waals surface area contributed by atoms with E-state index in [1.54, 1.807) is 30.3 Å². The van der Waals surface area contributed by atoms with Crippen molar-refractivity contribution in [1.29, 1.82) is 0 Å². The topological polar surface area (TPSA) is 84.9 Å². The van der Waals surface area contributed by atoms with Gasteiger partial charge in [0, 0.05) is 11.8 Å². The predicted molar refractivity (Wildman–Crippen MR) is 130 cm³/mol. The molecule has 3 rings (SSSR count). The highest BCUT2D eigenvalue weighted by Gasteiger charge is 2.30. The van der Waals surface area contributed by atoms with Gasteiger partial charge in [-0.05, 0) is 56.7 Å². The number of aryl methyl sites for hydroxylation is 3. The van der Waals surface area contributed by atoms with Crippen molar-refractivity contribution in [3.8, 4) is 11.5 Å². The number of hydrogen-bond acceptors (Lipinski definition) is 5. The van der Waals surface area contributed by atoms with E-state index in [4.69, 9.17) is 9.47 Å². The standard InChI is InChI=1S/C25H28N2O5S/c1-17-6-10-21(11-7-17)33(29,30)27(23-15-20(31-4)9-13-24(23)32-5)16-25(28)26-22-12-8-18(2)14-19(22)3/h6-15H,16H2,1-5H3,(H,26,28). The lowest BCUT2D eigenvalue weighted by atomic mass is 10.1. The highest BCUT2D eigenvalue weighted by molar-refractivity contribution is 7.92. The maximum Gasteiger partial charge on any atom is 0.264 e. The van der Waals surface area contributed by atoms with Crippen LogP contribution >= 0.6 is 0 Å². The molecule has 0 saturated heterocycles. The summed E-state index contributed by atoms with van der Waals surface area (Å²) in [5.74, 6) is 0.248. The molecule has 0 aliphatic carbocycles. The van der Waals surface area contributed by atoms with E-state index in [9.17, 15) is 13.2 Å². The van der Waals surface area contributed by atoms with E-state index in [-0.39, 0.29) is 10.6 Å². The number of sulfonamides is 1. The van der Waals surface area contributed by atoms with Crippen molar-refractivity contribution in [2.24, 2.45) is 0 Å². The average Bonchev–Trinajstić information content (AvgIpc) is 2.79. The molecular formula is C25H28N2O5S. The molecule has 0 heterocycles. The summed E-state index contributed by atoms with van der Waals surface area (Å²) in [5.41, 5.74) is 3.70. The van der Waals surface area contributed by atoms with Crippen molar-refractivity contribution in [3.63, 3.8) is 0 Å². The van der Waals surface area contributed by atoms with Crippen molar-refractivity contribution in [3.05, 3.63) is 77.4 Å². The number of amides is 1. The Kier molecular flexibility index (Phi) is 7.28. The van der Waals surface area contributed by atoms with E-state index in [1.165, 1.54) is 32.4 Å². The lowest BCUT2D eigenvalue weighted by molar-refractivity contribution is -0.114. The van der Waals surface area contributed by atoms with Crippen LogP contribution in [0.4, 0.5) is 11.4 Å². The van der Waals surface area contributed by atoms with Crippen molar-refractivity contribution in [2.45, 2.75) is 25.7 Å². The second-order valence-electron chi connectivity index (χ2n) is 7.73. The van der Waals surface area contributed by atoms with Gasteiger partial charge in [-0.1, -0.05) is 35.4 Å². The Morgan fingerprint density at radius 2 is 1.55 bits per heavy atom. The van der Waals surface area contributed by atoms with Gasteiger partial charge in [0.15, 0.2) is 0 Å². The minimum Gasteiger partial charge on any atom is -0.497 e. The first-order valence-corrected chi connectivity index (χ1v) is 11.8. The summed E-state index contributed by atoms with van der Waals surface area (Å²) in [7, 11) is -1.17. The van der Waals surface area contributed by atoms with Crippen LogP contribution in [0.15, 0.2) is 65.6 Å². The van der Waals surface area contributed by atoms with Crippen molar-refractivity contribution < 1.29 is 22.7 Å². The quantitative estimate of drug-likeness (QED) is 0.528. The number of rotatable bonds is 8. The largest absolute Gasteiger partial charge is 0.497 e. The fourth-order valence-electron chi connectivity index (χ4n) is 3.40. The van der Waals surface area contributed by atoms with E-state index >= 15 is 0 Å². The fraction of sp³-hybridized carbons (Fsp3) is 0.240.